The molecule has 0 bridgehead atoms. The molecule has 12 heteroatoms. The average Bonchev–Trinajstić information content (AvgIpc) is 2.89. The Balaban J connectivity index is 1.33. The molecular formula is C27H29Cl2N3O5S2. The molecule has 4 rings (SSSR count). The number of nitrogens with zero attached hydrogens (tertiary/aromatic N) is 1. The maximum Gasteiger partial charge on any atom is 0.261 e. The van der Waals surface area contributed by atoms with Crippen molar-refractivity contribution < 1.29 is 21.6 Å². The molecule has 1 saturated heterocycles. The molecule has 1 heterocycles. The van der Waals surface area contributed by atoms with Gasteiger partial charge in [0.2, 0.25) is 15.9 Å². The fraction of sp³-hybridized carbons (Fsp3) is 0.296. The highest BCUT2D eigenvalue weighted by molar-refractivity contribution is 7.92. The molecule has 1 unspecified atom stereocenters. The lowest BCUT2D eigenvalue weighted by atomic mass is 9.99. The smallest absolute Gasteiger partial charge is 0.261 e. The number of halogens is 2. The Kier molecular flexibility index (Phi) is 9.56. The predicted octanol–water partition coefficient (Wildman–Crippen LogP) is 5.41. The fourth-order valence-electron chi connectivity index (χ4n) is 4.43. The first-order chi connectivity index (χ1) is 18.5. The Hall–Kier alpha value is -2.63. The second-order valence-electron chi connectivity index (χ2n) is 9.38. The minimum absolute atomic E-state index is 0.0120. The minimum Gasteiger partial charge on any atom is -0.326 e. The number of nitrogens with one attached hydrogen (secondary N) is 2. The van der Waals surface area contributed by atoms with E-state index in [4.69, 9.17) is 23.2 Å². The maximum absolute atomic E-state index is 12.9. The summed E-state index contributed by atoms with van der Waals surface area (Å²) < 4.78 is 55.2. The molecule has 1 aliphatic rings. The Morgan fingerprint density at radius 3 is 2.23 bits per heavy atom. The molecule has 0 radical (unpaired) electrons. The Morgan fingerprint density at radius 2 is 1.56 bits per heavy atom. The lowest BCUT2D eigenvalue weighted by Gasteiger charge is -2.31. The zero-order valence-corrected chi connectivity index (χ0v) is 24.2. The number of aryl methyl sites for hydroxylation is 1. The van der Waals surface area contributed by atoms with Gasteiger partial charge in [-0.05, 0) is 73.7 Å². The van der Waals surface area contributed by atoms with Gasteiger partial charge in [-0.2, -0.15) is 0 Å². The number of amides is 1. The second-order valence-corrected chi connectivity index (χ2v) is 14.0. The first-order valence-electron chi connectivity index (χ1n) is 12.4. The lowest BCUT2D eigenvalue weighted by Crippen LogP contribution is -2.44. The average molecular weight is 611 g/mol. The Bertz CT molecular complexity index is 1500. The van der Waals surface area contributed by atoms with Gasteiger partial charge in [0, 0.05) is 28.8 Å². The van der Waals surface area contributed by atoms with E-state index in [2.05, 4.69) is 10.0 Å². The monoisotopic (exact) mass is 609 g/mol. The molecule has 208 valence electrons. The van der Waals surface area contributed by atoms with Crippen LogP contribution < -0.4 is 10.0 Å². The second kappa shape index (κ2) is 12.7. The maximum atomic E-state index is 12.9. The summed E-state index contributed by atoms with van der Waals surface area (Å²) in [5, 5.41) is 3.36. The molecule has 39 heavy (non-hydrogen) atoms. The van der Waals surface area contributed by atoms with Gasteiger partial charge in [0.05, 0.1) is 22.3 Å². The number of hydrogen-bond donors (Lipinski definition) is 2. The minimum atomic E-state index is -3.92. The van der Waals surface area contributed by atoms with E-state index >= 15 is 0 Å². The van der Waals surface area contributed by atoms with E-state index in [0.29, 0.717) is 48.0 Å². The van der Waals surface area contributed by atoms with Crippen LogP contribution in [0, 0.1) is 5.92 Å². The van der Waals surface area contributed by atoms with E-state index in [1.807, 2.05) is 30.3 Å². The van der Waals surface area contributed by atoms with Gasteiger partial charge < -0.3 is 5.32 Å². The largest absolute Gasteiger partial charge is 0.326 e. The summed E-state index contributed by atoms with van der Waals surface area (Å²) in [5.41, 5.74) is 1.72. The molecule has 0 aromatic heterocycles. The highest BCUT2D eigenvalue weighted by atomic mass is 35.5. The molecule has 8 nitrogen and oxygen atoms in total. The summed E-state index contributed by atoms with van der Waals surface area (Å²) in [5.74, 6) is -0.775. The summed E-state index contributed by atoms with van der Waals surface area (Å²) >= 11 is 11.9. The summed E-state index contributed by atoms with van der Waals surface area (Å²) in [6, 6.07) is 19.8. The third-order valence-corrected chi connectivity index (χ3v) is 10.2. The van der Waals surface area contributed by atoms with Crippen molar-refractivity contribution in [3.63, 3.8) is 0 Å². The number of sulfonamides is 2. The van der Waals surface area contributed by atoms with Crippen LogP contribution in [0.3, 0.4) is 0 Å². The van der Waals surface area contributed by atoms with E-state index in [9.17, 15) is 21.6 Å². The third-order valence-electron chi connectivity index (χ3n) is 6.41. The van der Waals surface area contributed by atoms with Crippen LogP contribution >= 0.6 is 23.2 Å². The lowest BCUT2D eigenvalue weighted by molar-refractivity contribution is -0.120. The Morgan fingerprint density at radius 1 is 0.897 bits per heavy atom. The van der Waals surface area contributed by atoms with Gasteiger partial charge in [0.25, 0.3) is 10.0 Å². The van der Waals surface area contributed by atoms with Crippen molar-refractivity contribution in [1.29, 1.82) is 0 Å². The van der Waals surface area contributed by atoms with Crippen molar-refractivity contribution in [2.45, 2.75) is 30.6 Å². The van der Waals surface area contributed by atoms with E-state index < -0.39 is 26.0 Å². The van der Waals surface area contributed by atoms with Crippen LogP contribution in [0.15, 0.2) is 77.7 Å². The number of carbonyl (C=O) groups excluding carboxylic acids is 1. The van der Waals surface area contributed by atoms with Crippen molar-refractivity contribution in [2.24, 2.45) is 5.92 Å². The summed E-state index contributed by atoms with van der Waals surface area (Å²) in [6.07, 6.45) is 2.34. The van der Waals surface area contributed by atoms with E-state index in [0.717, 1.165) is 5.56 Å². The van der Waals surface area contributed by atoms with Crippen molar-refractivity contribution in [3.8, 4) is 0 Å². The van der Waals surface area contributed by atoms with Crippen molar-refractivity contribution in [1.82, 2.24) is 4.31 Å². The number of piperidine rings is 1. The van der Waals surface area contributed by atoms with Crippen LogP contribution in [0.5, 0.6) is 0 Å². The predicted molar refractivity (Wildman–Crippen MR) is 155 cm³/mol. The van der Waals surface area contributed by atoms with E-state index in [-0.39, 0.29) is 28.8 Å². The molecule has 0 spiro atoms. The number of anilines is 2. The fourth-order valence-corrected chi connectivity index (χ4v) is 7.58. The van der Waals surface area contributed by atoms with E-state index in [1.165, 1.54) is 46.8 Å². The molecule has 2 N–H and O–H groups in total. The van der Waals surface area contributed by atoms with Crippen LogP contribution in [0.4, 0.5) is 11.4 Å². The van der Waals surface area contributed by atoms with Crippen LogP contribution in [0.25, 0.3) is 0 Å². The third kappa shape index (κ3) is 8.18. The number of hydrogen-bond acceptors (Lipinski definition) is 5. The van der Waals surface area contributed by atoms with Gasteiger partial charge in [-0.1, -0.05) is 53.5 Å². The first-order valence-corrected chi connectivity index (χ1v) is 16.3. The van der Waals surface area contributed by atoms with Crippen LogP contribution in [0.2, 0.25) is 10.0 Å². The zero-order valence-electron chi connectivity index (χ0n) is 21.0. The highest BCUT2D eigenvalue weighted by Gasteiger charge is 2.32. The molecule has 1 aliphatic heterocycles. The summed E-state index contributed by atoms with van der Waals surface area (Å²) in [6.45, 7) is 0.521. The zero-order chi connectivity index (χ0) is 28.0. The van der Waals surface area contributed by atoms with Crippen LogP contribution in [-0.4, -0.2) is 45.9 Å². The highest BCUT2D eigenvalue weighted by Crippen LogP contribution is 2.26. The number of carbonyl (C=O) groups is 1. The molecule has 3 aromatic rings. The van der Waals surface area contributed by atoms with Crippen molar-refractivity contribution >= 4 is 60.5 Å². The standard InChI is InChI=1S/C27H29Cl2N3O5S2/c28-22-16-23(29)18-25(17-22)31-39(36,37)26-12-10-24(11-13-26)30-27(33)21-9-4-14-32(19-21)38(34,35)15-5-8-20-6-2-1-3-7-20/h1-3,6-7,10-13,16-18,21,31H,4-5,8-9,14-15,19H2,(H,30,33). The molecule has 0 aliphatic carbocycles. The van der Waals surface area contributed by atoms with Gasteiger partial charge in [0.15, 0.2) is 0 Å². The molecular weight excluding hydrogens is 581 g/mol. The van der Waals surface area contributed by atoms with Gasteiger partial charge in [0.1, 0.15) is 0 Å². The van der Waals surface area contributed by atoms with Gasteiger partial charge >= 0.3 is 0 Å². The molecule has 3 aromatic carbocycles. The molecule has 1 amide bonds. The van der Waals surface area contributed by atoms with Gasteiger partial charge in [-0.15, -0.1) is 0 Å². The van der Waals surface area contributed by atoms with Crippen LogP contribution in [-0.2, 0) is 31.3 Å². The molecule has 1 atom stereocenters. The van der Waals surface area contributed by atoms with Crippen molar-refractivity contribution in [3.05, 3.63) is 88.4 Å². The molecule has 0 saturated carbocycles. The SMILES string of the molecule is O=C(Nc1ccc(S(=O)(=O)Nc2cc(Cl)cc(Cl)c2)cc1)C1CCCN(S(=O)(=O)CCCc2ccccc2)C1. The quantitative estimate of drug-likeness (QED) is 0.319. The van der Waals surface area contributed by atoms with Gasteiger partial charge in [-0.3, -0.25) is 9.52 Å². The van der Waals surface area contributed by atoms with Crippen LogP contribution in [0.1, 0.15) is 24.8 Å². The van der Waals surface area contributed by atoms with E-state index in [1.54, 1.807) is 0 Å². The van der Waals surface area contributed by atoms with Gasteiger partial charge in [-0.25, -0.2) is 21.1 Å². The number of benzene rings is 3. The molecule has 1 fully saturated rings. The topological polar surface area (TPSA) is 113 Å². The first kappa shape index (κ1) is 29.4. The summed E-state index contributed by atoms with van der Waals surface area (Å²) in [4.78, 5) is 12.9. The Labute approximate surface area is 239 Å². The summed E-state index contributed by atoms with van der Waals surface area (Å²) in [7, 11) is -7.40. The number of rotatable bonds is 10. The van der Waals surface area contributed by atoms with Crippen molar-refractivity contribution in [2.75, 3.05) is 28.9 Å². The normalized spacial score (nSPS) is 16.5.